The smallest absolute Gasteiger partial charge is 0.112 e. The van der Waals surface area contributed by atoms with Crippen molar-refractivity contribution in [3.05, 3.63) is 81.4 Å². The van der Waals surface area contributed by atoms with Gasteiger partial charge in [-0.05, 0) is 76.8 Å². The van der Waals surface area contributed by atoms with Gasteiger partial charge >= 0.3 is 0 Å². The van der Waals surface area contributed by atoms with Gasteiger partial charge in [0.2, 0.25) is 0 Å². The Balaban J connectivity index is 1.51. The van der Waals surface area contributed by atoms with Crippen LogP contribution in [0, 0.1) is 27.7 Å². The summed E-state index contributed by atoms with van der Waals surface area (Å²) in [5.74, 6) is 0. The van der Waals surface area contributed by atoms with Crippen LogP contribution in [0.2, 0.25) is 0 Å². The van der Waals surface area contributed by atoms with Crippen LogP contribution in [0.4, 0.5) is 0 Å². The van der Waals surface area contributed by atoms with E-state index < -0.39 is 0 Å². The van der Waals surface area contributed by atoms with Gasteiger partial charge in [0.15, 0.2) is 0 Å². The molecule has 0 amide bonds. The largest absolute Gasteiger partial charge is 0.369 e. The fraction of sp³-hybridized carbons (Fsp3) is 0.481. The molecule has 1 saturated heterocycles. The Morgan fingerprint density at radius 2 is 1.88 bits per heavy atom. The van der Waals surface area contributed by atoms with Gasteiger partial charge < -0.3 is 4.74 Å². The summed E-state index contributed by atoms with van der Waals surface area (Å²) in [6.45, 7) is 16.4. The van der Waals surface area contributed by atoms with Crippen LogP contribution < -0.4 is 0 Å². The molecular weight excluding hydrogens is 396 g/mol. The number of hydrogen-bond acceptors (Lipinski definition) is 4. The van der Waals surface area contributed by atoms with Crippen molar-refractivity contribution >= 4 is 0 Å². The summed E-state index contributed by atoms with van der Waals surface area (Å²) < 4.78 is 8.34. The average molecular weight is 433 g/mol. The van der Waals surface area contributed by atoms with Crippen LogP contribution in [0.1, 0.15) is 71.0 Å². The molecule has 3 heterocycles. The third-order valence-corrected chi connectivity index (χ3v) is 6.52. The van der Waals surface area contributed by atoms with Crippen molar-refractivity contribution in [3.8, 4) is 0 Å². The highest BCUT2D eigenvalue weighted by molar-refractivity contribution is 5.33. The molecule has 0 spiro atoms. The van der Waals surface area contributed by atoms with E-state index in [1.807, 2.05) is 0 Å². The number of aromatic nitrogens is 3. The van der Waals surface area contributed by atoms with Crippen LogP contribution in [0.15, 0.2) is 36.4 Å². The van der Waals surface area contributed by atoms with Crippen LogP contribution in [-0.2, 0) is 17.7 Å². The lowest BCUT2D eigenvalue weighted by molar-refractivity contribution is -0.0352. The van der Waals surface area contributed by atoms with Gasteiger partial charge in [-0.2, -0.15) is 5.10 Å². The van der Waals surface area contributed by atoms with Gasteiger partial charge in [-0.1, -0.05) is 24.3 Å². The molecule has 32 heavy (non-hydrogen) atoms. The number of nitrogens with zero attached hydrogens (tertiary/aromatic N) is 4. The maximum Gasteiger partial charge on any atom is 0.112 e. The molecule has 4 rings (SSSR count). The van der Waals surface area contributed by atoms with Gasteiger partial charge in [-0.25, -0.2) is 0 Å². The molecule has 5 nitrogen and oxygen atoms in total. The average Bonchev–Trinajstić information content (AvgIpc) is 3.04. The molecular formula is C27H36N4O. The number of hydrogen-bond donors (Lipinski definition) is 0. The number of benzene rings is 1. The van der Waals surface area contributed by atoms with E-state index in [1.165, 1.54) is 27.9 Å². The van der Waals surface area contributed by atoms with Crippen LogP contribution in [0.3, 0.4) is 0 Å². The highest BCUT2D eigenvalue weighted by Gasteiger charge is 2.25. The molecule has 170 valence electrons. The Hall–Kier alpha value is -2.50. The molecule has 0 radical (unpaired) electrons. The maximum atomic E-state index is 6.19. The van der Waals surface area contributed by atoms with E-state index in [1.54, 1.807) is 0 Å². The summed E-state index contributed by atoms with van der Waals surface area (Å²) in [4.78, 5) is 7.34. The number of morpholine rings is 1. The number of pyridine rings is 1. The highest BCUT2D eigenvalue weighted by atomic mass is 16.5. The molecule has 5 heteroatoms. The third kappa shape index (κ3) is 4.94. The van der Waals surface area contributed by atoms with Gasteiger partial charge in [-0.15, -0.1) is 0 Å². The van der Waals surface area contributed by atoms with Crippen LogP contribution in [-0.4, -0.2) is 39.4 Å². The van der Waals surface area contributed by atoms with E-state index in [0.29, 0.717) is 6.04 Å². The Morgan fingerprint density at radius 3 is 2.59 bits per heavy atom. The van der Waals surface area contributed by atoms with E-state index in [4.69, 9.17) is 14.8 Å². The lowest BCUT2D eigenvalue weighted by atomic mass is 9.99. The monoisotopic (exact) mass is 432 g/mol. The predicted molar refractivity (Wildman–Crippen MR) is 129 cm³/mol. The lowest BCUT2D eigenvalue weighted by Gasteiger charge is -2.33. The van der Waals surface area contributed by atoms with Crippen molar-refractivity contribution in [2.45, 2.75) is 66.7 Å². The lowest BCUT2D eigenvalue weighted by Crippen LogP contribution is -2.38. The molecule has 1 aliphatic heterocycles. The zero-order chi connectivity index (χ0) is 22.8. The molecule has 3 aromatic rings. The summed E-state index contributed by atoms with van der Waals surface area (Å²) in [6, 6.07) is 13.4. The second-order valence-corrected chi connectivity index (χ2v) is 9.43. The SMILES string of the molecule is Cc1cc(Cc2ccccc2C)cc([C@H]2CN(Cc3c(C)nn(C(C)C)c3C)CCO2)n1. The summed E-state index contributed by atoms with van der Waals surface area (Å²) in [6.07, 6.45) is 0.923. The number of aryl methyl sites for hydroxylation is 3. The Labute approximate surface area is 192 Å². The molecule has 1 fully saturated rings. The molecule has 0 bridgehead atoms. The first kappa shape index (κ1) is 22.7. The molecule has 1 atom stereocenters. The summed E-state index contributed by atoms with van der Waals surface area (Å²) in [5, 5.41) is 4.77. The van der Waals surface area contributed by atoms with Crippen molar-refractivity contribution in [3.63, 3.8) is 0 Å². The Bertz CT molecular complexity index is 1090. The third-order valence-electron chi connectivity index (χ3n) is 6.52. The standard InChI is InChI=1S/C27H36N4O/c1-18(2)31-22(6)25(21(5)29-31)16-30-11-12-32-27(17-30)26-15-23(13-20(4)28-26)14-24-10-8-7-9-19(24)3/h7-10,13,15,18,27H,11-12,14,16-17H2,1-6H3/t27-/m1/s1. The number of rotatable bonds is 6. The zero-order valence-corrected chi connectivity index (χ0v) is 20.4. The number of ether oxygens (including phenoxy) is 1. The van der Waals surface area contributed by atoms with E-state index in [0.717, 1.165) is 49.7 Å². The van der Waals surface area contributed by atoms with Crippen molar-refractivity contribution in [2.75, 3.05) is 19.7 Å². The second kappa shape index (κ2) is 9.55. The van der Waals surface area contributed by atoms with Crippen LogP contribution in [0.5, 0.6) is 0 Å². The van der Waals surface area contributed by atoms with Gasteiger partial charge in [0.1, 0.15) is 6.10 Å². The molecule has 0 N–H and O–H groups in total. The Kier molecular flexibility index (Phi) is 6.77. The molecule has 1 aliphatic rings. The maximum absolute atomic E-state index is 6.19. The minimum atomic E-state index is 0.0000243. The first-order chi connectivity index (χ1) is 15.3. The van der Waals surface area contributed by atoms with Crippen molar-refractivity contribution in [1.82, 2.24) is 19.7 Å². The van der Waals surface area contributed by atoms with Gasteiger partial charge in [0.25, 0.3) is 0 Å². The van der Waals surface area contributed by atoms with Gasteiger partial charge in [0, 0.05) is 42.6 Å². The Morgan fingerprint density at radius 1 is 1.09 bits per heavy atom. The minimum absolute atomic E-state index is 0.0000243. The molecule has 2 aromatic heterocycles. The van der Waals surface area contributed by atoms with Gasteiger partial charge in [-0.3, -0.25) is 14.6 Å². The second-order valence-electron chi connectivity index (χ2n) is 9.43. The van der Waals surface area contributed by atoms with E-state index in [2.05, 4.69) is 87.5 Å². The molecule has 1 aromatic carbocycles. The van der Waals surface area contributed by atoms with Crippen molar-refractivity contribution < 1.29 is 4.74 Å². The minimum Gasteiger partial charge on any atom is -0.369 e. The fourth-order valence-corrected chi connectivity index (χ4v) is 4.74. The van der Waals surface area contributed by atoms with E-state index in [-0.39, 0.29) is 6.10 Å². The van der Waals surface area contributed by atoms with Crippen molar-refractivity contribution in [1.29, 1.82) is 0 Å². The first-order valence-electron chi connectivity index (χ1n) is 11.7. The summed E-state index contributed by atoms with van der Waals surface area (Å²) in [5.41, 5.74) is 9.84. The predicted octanol–water partition coefficient (Wildman–Crippen LogP) is 5.26. The molecule has 0 aliphatic carbocycles. The molecule has 0 unspecified atom stereocenters. The normalized spacial score (nSPS) is 17.3. The quantitative estimate of drug-likeness (QED) is 0.533. The topological polar surface area (TPSA) is 43.2 Å². The highest BCUT2D eigenvalue weighted by Crippen LogP contribution is 2.26. The summed E-state index contributed by atoms with van der Waals surface area (Å²) in [7, 11) is 0. The summed E-state index contributed by atoms with van der Waals surface area (Å²) >= 11 is 0. The van der Waals surface area contributed by atoms with E-state index in [9.17, 15) is 0 Å². The van der Waals surface area contributed by atoms with Crippen LogP contribution >= 0.6 is 0 Å². The fourth-order valence-electron chi connectivity index (χ4n) is 4.74. The van der Waals surface area contributed by atoms with Crippen molar-refractivity contribution in [2.24, 2.45) is 0 Å². The first-order valence-corrected chi connectivity index (χ1v) is 11.7. The van der Waals surface area contributed by atoms with E-state index >= 15 is 0 Å². The van der Waals surface area contributed by atoms with Crippen LogP contribution in [0.25, 0.3) is 0 Å². The van der Waals surface area contributed by atoms with Gasteiger partial charge in [0.05, 0.1) is 18.0 Å². The zero-order valence-electron chi connectivity index (χ0n) is 20.4. The molecule has 0 saturated carbocycles.